The first-order valence-corrected chi connectivity index (χ1v) is 7.00. The highest BCUT2D eigenvalue weighted by atomic mass is 32.2. The van der Waals surface area contributed by atoms with Gasteiger partial charge in [-0.2, -0.15) is 13.2 Å². The zero-order valence-corrected chi connectivity index (χ0v) is 10.4. The second kappa shape index (κ2) is 5.85. The van der Waals surface area contributed by atoms with Gasteiger partial charge in [0, 0.05) is 18.5 Å². The van der Waals surface area contributed by atoms with Crippen LogP contribution < -0.4 is 4.72 Å². The van der Waals surface area contributed by atoms with Gasteiger partial charge < -0.3 is 0 Å². The van der Waals surface area contributed by atoms with Gasteiger partial charge in [0.15, 0.2) is 5.82 Å². The van der Waals surface area contributed by atoms with Gasteiger partial charge in [-0.05, 0) is 23.9 Å². The molecule has 0 saturated heterocycles. The molecule has 0 aliphatic carbocycles. The fourth-order valence-electron chi connectivity index (χ4n) is 0.980. The Morgan fingerprint density at radius 2 is 2.06 bits per heavy atom. The summed E-state index contributed by atoms with van der Waals surface area (Å²) in [5.74, 6) is -1.56. The van der Waals surface area contributed by atoms with E-state index in [1.54, 1.807) is 0 Å². The zero-order valence-electron chi connectivity index (χ0n) is 8.74. The van der Waals surface area contributed by atoms with E-state index in [2.05, 4.69) is 4.98 Å². The summed E-state index contributed by atoms with van der Waals surface area (Å²) < 4.78 is 73.2. The summed E-state index contributed by atoms with van der Waals surface area (Å²) in [6, 6.07) is 2.10. The molecule has 1 heterocycles. The monoisotopic (exact) mass is 304 g/mol. The third-order valence-corrected chi connectivity index (χ3v) is 3.77. The van der Waals surface area contributed by atoms with Crippen molar-refractivity contribution in [3.05, 3.63) is 24.1 Å². The van der Waals surface area contributed by atoms with Crippen LogP contribution in [0.5, 0.6) is 0 Å². The van der Waals surface area contributed by atoms with Gasteiger partial charge in [0.1, 0.15) is 0 Å². The molecule has 0 radical (unpaired) electrons. The number of thioether (sulfide) groups is 1. The van der Waals surface area contributed by atoms with E-state index in [1.807, 2.05) is 4.72 Å². The number of halogens is 4. The Bertz CT molecular complexity index is 504. The van der Waals surface area contributed by atoms with E-state index >= 15 is 0 Å². The highest BCUT2D eigenvalue weighted by Crippen LogP contribution is 2.29. The van der Waals surface area contributed by atoms with Crippen molar-refractivity contribution in [1.29, 1.82) is 0 Å². The largest absolute Gasteiger partial charge is 0.441 e. The summed E-state index contributed by atoms with van der Waals surface area (Å²) in [5, 5.41) is -0.831. The van der Waals surface area contributed by atoms with E-state index in [-0.39, 0.29) is 11.8 Å². The molecule has 0 aromatic carbocycles. The van der Waals surface area contributed by atoms with Crippen LogP contribution in [-0.4, -0.2) is 31.2 Å². The lowest BCUT2D eigenvalue weighted by Gasteiger charge is -2.07. The summed E-state index contributed by atoms with van der Waals surface area (Å²) in [7, 11) is -4.23. The molecule has 0 spiro atoms. The molecule has 0 bridgehead atoms. The van der Waals surface area contributed by atoms with Gasteiger partial charge in [-0.25, -0.2) is 22.5 Å². The van der Waals surface area contributed by atoms with Crippen molar-refractivity contribution in [3.8, 4) is 0 Å². The first-order chi connectivity index (χ1) is 8.22. The fourth-order valence-corrected chi connectivity index (χ4v) is 2.58. The molecular formula is C8H8F4N2O2S2. The molecule has 0 fully saturated rings. The van der Waals surface area contributed by atoms with Gasteiger partial charge >= 0.3 is 5.51 Å². The zero-order chi connectivity index (χ0) is 13.8. The normalized spacial score (nSPS) is 12.7. The molecular weight excluding hydrogens is 296 g/mol. The summed E-state index contributed by atoms with van der Waals surface area (Å²) >= 11 is -0.367. The van der Waals surface area contributed by atoms with E-state index in [0.717, 1.165) is 12.3 Å². The minimum atomic E-state index is -4.43. The lowest BCUT2D eigenvalue weighted by molar-refractivity contribution is -0.0327. The third-order valence-electron chi connectivity index (χ3n) is 1.64. The van der Waals surface area contributed by atoms with Gasteiger partial charge in [0.05, 0.1) is 0 Å². The maximum atomic E-state index is 13.1. The van der Waals surface area contributed by atoms with E-state index in [9.17, 15) is 26.0 Å². The van der Waals surface area contributed by atoms with Gasteiger partial charge in [0.2, 0.25) is 5.03 Å². The van der Waals surface area contributed by atoms with Crippen LogP contribution in [0.4, 0.5) is 17.6 Å². The van der Waals surface area contributed by atoms with Crippen LogP contribution >= 0.6 is 11.8 Å². The van der Waals surface area contributed by atoms with Crippen molar-refractivity contribution >= 4 is 21.8 Å². The fraction of sp³-hybridized carbons (Fsp3) is 0.375. The Morgan fingerprint density at radius 1 is 1.39 bits per heavy atom. The molecule has 0 atom stereocenters. The summed E-state index contributed by atoms with van der Waals surface area (Å²) in [4.78, 5) is 3.32. The van der Waals surface area contributed by atoms with Gasteiger partial charge in [-0.3, -0.25) is 0 Å². The number of rotatable bonds is 5. The predicted octanol–water partition coefficient (Wildman–Crippen LogP) is 1.75. The molecule has 10 heteroatoms. The molecule has 0 aliphatic rings. The lowest BCUT2D eigenvalue weighted by atomic mass is 10.5. The van der Waals surface area contributed by atoms with E-state index in [1.165, 1.54) is 6.07 Å². The molecule has 1 N–H and O–H groups in total. The molecule has 1 rings (SSSR count). The van der Waals surface area contributed by atoms with Crippen molar-refractivity contribution in [2.24, 2.45) is 0 Å². The second-order valence-electron chi connectivity index (χ2n) is 2.98. The highest BCUT2D eigenvalue weighted by Gasteiger charge is 2.28. The van der Waals surface area contributed by atoms with Crippen LogP contribution in [0.25, 0.3) is 0 Å². The molecule has 4 nitrogen and oxygen atoms in total. The average Bonchev–Trinajstić information content (AvgIpc) is 2.24. The van der Waals surface area contributed by atoms with Crippen molar-refractivity contribution in [2.45, 2.75) is 10.5 Å². The number of pyridine rings is 1. The quantitative estimate of drug-likeness (QED) is 0.665. The number of sulfonamides is 1. The number of nitrogens with one attached hydrogen (secondary N) is 1. The minimum Gasteiger partial charge on any atom is -0.241 e. The molecule has 1 aromatic rings. The van der Waals surface area contributed by atoms with E-state index in [0.29, 0.717) is 0 Å². The number of nitrogens with zero attached hydrogens (tertiary/aromatic N) is 1. The Hall–Kier alpha value is -0.870. The molecule has 0 amide bonds. The Morgan fingerprint density at radius 3 is 2.61 bits per heavy atom. The summed E-state index contributed by atoms with van der Waals surface area (Å²) in [6.45, 7) is -0.470. The standard InChI is InChI=1S/C8H8F4N2O2S2/c9-6-2-1-3-13-7(6)18(15,16)14-4-5-17-8(10,11)12/h1-3,14H,4-5H2. The molecule has 0 saturated carbocycles. The van der Waals surface area contributed by atoms with Crippen LogP contribution in [0.2, 0.25) is 0 Å². The van der Waals surface area contributed by atoms with E-state index in [4.69, 9.17) is 0 Å². The second-order valence-corrected chi connectivity index (χ2v) is 5.82. The minimum absolute atomic E-state index is 0.367. The van der Waals surface area contributed by atoms with Gasteiger partial charge in [-0.15, -0.1) is 0 Å². The van der Waals surface area contributed by atoms with Crippen molar-refractivity contribution in [1.82, 2.24) is 9.71 Å². The van der Waals surface area contributed by atoms with Crippen LogP contribution in [0, 0.1) is 5.82 Å². The predicted molar refractivity (Wildman–Crippen MR) is 57.9 cm³/mol. The molecule has 0 aliphatic heterocycles. The van der Waals surface area contributed by atoms with Crippen molar-refractivity contribution < 1.29 is 26.0 Å². The van der Waals surface area contributed by atoms with Crippen molar-refractivity contribution in [3.63, 3.8) is 0 Å². The lowest BCUT2D eigenvalue weighted by Crippen LogP contribution is -2.28. The van der Waals surface area contributed by atoms with Crippen molar-refractivity contribution in [2.75, 3.05) is 12.3 Å². The van der Waals surface area contributed by atoms with Crippen LogP contribution in [-0.2, 0) is 10.0 Å². The number of alkyl halides is 3. The molecule has 1 aromatic heterocycles. The maximum Gasteiger partial charge on any atom is 0.441 e. The van der Waals surface area contributed by atoms with Crippen LogP contribution in [0.3, 0.4) is 0 Å². The number of hydrogen-bond acceptors (Lipinski definition) is 4. The van der Waals surface area contributed by atoms with E-state index < -0.39 is 38.7 Å². The molecule has 0 unspecified atom stereocenters. The SMILES string of the molecule is O=S(=O)(NCCSC(F)(F)F)c1ncccc1F. The first-order valence-electron chi connectivity index (χ1n) is 4.53. The average molecular weight is 304 g/mol. The Labute approximate surface area is 105 Å². The molecule has 18 heavy (non-hydrogen) atoms. The maximum absolute atomic E-state index is 13.1. The number of aromatic nitrogens is 1. The Balaban J connectivity index is 2.59. The number of hydrogen-bond donors (Lipinski definition) is 1. The highest BCUT2D eigenvalue weighted by molar-refractivity contribution is 8.00. The van der Waals surface area contributed by atoms with Crippen LogP contribution in [0.1, 0.15) is 0 Å². The van der Waals surface area contributed by atoms with Gasteiger partial charge in [0.25, 0.3) is 10.0 Å². The Kier molecular flexibility index (Phi) is 4.93. The molecule has 102 valence electrons. The topological polar surface area (TPSA) is 59.1 Å². The van der Waals surface area contributed by atoms with Gasteiger partial charge in [-0.1, -0.05) is 0 Å². The van der Waals surface area contributed by atoms with Crippen LogP contribution in [0.15, 0.2) is 23.4 Å². The summed E-state index contributed by atoms with van der Waals surface area (Å²) in [6.07, 6.45) is 1.07. The smallest absolute Gasteiger partial charge is 0.241 e. The summed E-state index contributed by atoms with van der Waals surface area (Å²) in [5.41, 5.74) is -4.43. The third kappa shape index (κ3) is 4.78. The first kappa shape index (κ1) is 15.2.